The molecule has 0 radical (unpaired) electrons. The maximum absolute atomic E-state index is 13.4. The number of allylic oxidation sites excluding steroid dienone is 1. The van der Waals surface area contributed by atoms with Crippen LogP contribution < -0.4 is 15.6 Å². The molecule has 2 aromatic carbocycles. The van der Waals surface area contributed by atoms with E-state index in [0.717, 1.165) is 53.2 Å². The second-order valence-electron chi connectivity index (χ2n) is 11.2. The molecule has 1 aromatic heterocycles. The molecule has 0 amide bonds. The summed E-state index contributed by atoms with van der Waals surface area (Å²) in [6.07, 6.45) is 7.52. The average Bonchev–Trinajstić information content (AvgIpc) is 3.55. The molecule has 7 nitrogen and oxygen atoms in total. The van der Waals surface area contributed by atoms with Crippen molar-refractivity contribution in [2.75, 3.05) is 26.0 Å². The number of piperazine rings is 1. The molecule has 1 N–H and O–H groups in total. The van der Waals surface area contributed by atoms with Crippen LogP contribution in [0.3, 0.4) is 0 Å². The molecule has 2 aliphatic heterocycles. The molecule has 3 heterocycles. The van der Waals surface area contributed by atoms with Gasteiger partial charge in [0.2, 0.25) is 0 Å². The average molecular weight is 546 g/mol. The minimum absolute atomic E-state index is 0.110. The highest BCUT2D eigenvalue weighted by molar-refractivity contribution is 7.91. The molecule has 3 aromatic rings. The lowest BCUT2D eigenvalue weighted by atomic mass is 9.85. The minimum Gasteiger partial charge on any atom is -0.496 e. The highest BCUT2D eigenvalue weighted by Gasteiger charge is 2.37. The number of rotatable bonds is 7. The van der Waals surface area contributed by atoms with Gasteiger partial charge >= 0.3 is 0 Å². The first kappa shape index (κ1) is 26.0. The van der Waals surface area contributed by atoms with E-state index in [0.29, 0.717) is 29.0 Å². The van der Waals surface area contributed by atoms with Crippen molar-refractivity contribution in [2.45, 2.75) is 49.2 Å². The van der Waals surface area contributed by atoms with Crippen molar-refractivity contribution in [1.82, 2.24) is 14.8 Å². The van der Waals surface area contributed by atoms with Gasteiger partial charge in [0.1, 0.15) is 5.75 Å². The minimum atomic E-state index is -3.57. The number of likely N-dealkylation sites (tertiary alicyclic amines) is 1. The van der Waals surface area contributed by atoms with Gasteiger partial charge < -0.3 is 14.6 Å². The van der Waals surface area contributed by atoms with Crippen molar-refractivity contribution < 1.29 is 13.2 Å². The summed E-state index contributed by atoms with van der Waals surface area (Å²) in [5, 5.41) is 3.55. The number of aryl methyl sites for hydroxylation is 2. The number of pyridine rings is 1. The van der Waals surface area contributed by atoms with Gasteiger partial charge in [0.05, 0.1) is 17.8 Å². The van der Waals surface area contributed by atoms with E-state index < -0.39 is 15.8 Å². The van der Waals surface area contributed by atoms with Crippen molar-refractivity contribution in [3.8, 4) is 16.9 Å². The van der Waals surface area contributed by atoms with Crippen LogP contribution >= 0.6 is 0 Å². The van der Waals surface area contributed by atoms with Crippen LogP contribution in [-0.4, -0.2) is 55.9 Å². The Labute approximate surface area is 230 Å². The molecule has 3 atom stereocenters. The molecule has 1 unspecified atom stereocenters. The number of ether oxygens (including phenoxy) is 1. The van der Waals surface area contributed by atoms with Gasteiger partial charge in [-0.05, 0) is 49.1 Å². The second kappa shape index (κ2) is 10.1. The molecule has 8 heteroatoms. The number of hydrogen-bond donors (Lipinski definition) is 1. The summed E-state index contributed by atoms with van der Waals surface area (Å²) < 4.78 is 34.1. The fourth-order valence-corrected chi connectivity index (χ4v) is 7.98. The molecule has 204 valence electrons. The third kappa shape index (κ3) is 4.86. The SMILES string of the molecule is COc1cc(-c2cn(C)c(=O)c3c2C=CCC3CS(=O)(=O)c2ccc(C)cc2)ccc1CN1C[C@@H]2C[C@H]1CN2. The standard InChI is InChI=1S/C31H35N3O4S/c1-20-7-11-26(12-8-20)39(36,37)19-23-5-4-6-27-28(18-33(2)31(35)30(23)27)21-9-10-22(29(13-21)38-3)16-34-17-24-14-25(34)15-32-24/h4,6-13,18,23-25,32H,5,14-17,19H2,1-3H3/t23?,24-,25-/m0/s1. The van der Waals surface area contributed by atoms with Gasteiger partial charge in [-0.3, -0.25) is 9.69 Å². The summed E-state index contributed by atoms with van der Waals surface area (Å²) in [5.74, 6) is 0.292. The zero-order valence-electron chi connectivity index (χ0n) is 22.7. The number of nitrogens with zero attached hydrogens (tertiary/aromatic N) is 2. The molecule has 1 aliphatic carbocycles. The summed E-state index contributed by atoms with van der Waals surface area (Å²) in [6.45, 7) is 4.87. The van der Waals surface area contributed by atoms with Gasteiger partial charge in [0.15, 0.2) is 9.84 Å². The van der Waals surface area contributed by atoms with Crippen LogP contribution in [0.5, 0.6) is 5.75 Å². The fourth-order valence-electron chi connectivity index (χ4n) is 6.40. The van der Waals surface area contributed by atoms with E-state index in [1.54, 1.807) is 43.0 Å². The largest absolute Gasteiger partial charge is 0.496 e. The number of hydrogen-bond acceptors (Lipinski definition) is 6. The number of benzene rings is 2. The molecule has 6 rings (SSSR count). The Morgan fingerprint density at radius 3 is 2.62 bits per heavy atom. The maximum atomic E-state index is 13.4. The van der Waals surface area contributed by atoms with Crippen LogP contribution in [0.4, 0.5) is 0 Å². The first-order chi connectivity index (χ1) is 18.7. The first-order valence-corrected chi connectivity index (χ1v) is 15.2. The number of aromatic nitrogens is 1. The van der Waals surface area contributed by atoms with E-state index in [1.165, 1.54) is 6.42 Å². The Kier molecular flexibility index (Phi) is 6.73. The predicted octanol–water partition coefficient (Wildman–Crippen LogP) is 3.89. The quantitative estimate of drug-likeness (QED) is 0.485. The summed E-state index contributed by atoms with van der Waals surface area (Å²) in [4.78, 5) is 16.2. The van der Waals surface area contributed by atoms with Crippen molar-refractivity contribution >= 4 is 15.9 Å². The highest BCUT2D eigenvalue weighted by Crippen LogP contribution is 2.38. The molecule has 2 bridgehead atoms. The van der Waals surface area contributed by atoms with E-state index in [-0.39, 0.29) is 11.3 Å². The van der Waals surface area contributed by atoms with E-state index in [1.807, 2.05) is 31.3 Å². The Bertz CT molecular complexity index is 1610. The van der Waals surface area contributed by atoms with Gasteiger partial charge in [-0.1, -0.05) is 42.0 Å². The van der Waals surface area contributed by atoms with Crippen molar-refractivity contribution in [3.05, 3.63) is 87.3 Å². The summed E-state index contributed by atoms with van der Waals surface area (Å²) in [5.41, 5.74) is 5.20. The van der Waals surface area contributed by atoms with Crippen LogP contribution in [0, 0.1) is 6.92 Å². The molecule has 3 aliphatic rings. The van der Waals surface area contributed by atoms with Crippen LogP contribution in [-0.2, 0) is 23.4 Å². The van der Waals surface area contributed by atoms with Gasteiger partial charge in [-0.25, -0.2) is 8.42 Å². The molecule has 0 spiro atoms. The van der Waals surface area contributed by atoms with Crippen molar-refractivity contribution in [2.24, 2.45) is 7.05 Å². The van der Waals surface area contributed by atoms with Gasteiger partial charge in [-0.15, -0.1) is 0 Å². The predicted molar refractivity (Wildman–Crippen MR) is 154 cm³/mol. The summed E-state index contributed by atoms with van der Waals surface area (Å²) in [6, 6.07) is 14.3. The smallest absolute Gasteiger partial charge is 0.254 e. The maximum Gasteiger partial charge on any atom is 0.254 e. The number of methoxy groups -OCH3 is 1. The van der Waals surface area contributed by atoms with Gasteiger partial charge in [-0.2, -0.15) is 0 Å². The third-order valence-electron chi connectivity index (χ3n) is 8.51. The zero-order chi connectivity index (χ0) is 27.3. The lowest BCUT2D eigenvalue weighted by Gasteiger charge is -2.28. The molecular weight excluding hydrogens is 510 g/mol. The Hall–Kier alpha value is -3.20. The van der Waals surface area contributed by atoms with E-state index in [2.05, 4.69) is 22.3 Å². The van der Waals surface area contributed by atoms with E-state index in [4.69, 9.17) is 4.74 Å². The molecule has 2 fully saturated rings. The Balaban J connectivity index is 1.35. The Morgan fingerprint density at radius 2 is 1.92 bits per heavy atom. The third-order valence-corrected chi connectivity index (χ3v) is 10.3. The summed E-state index contributed by atoms with van der Waals surface area (Å²) in [7, 11) is -0.138. The number of nitrogens with one attached hydrogen (secondary N) is 1. The monoisotopic (exact) mass is 545 g/mol. The zero-order valence-corrected chi connectivity index (χ0v) is 23.5. The van der Waals surface area contributed by atoms with Crippen molar-refractivity contribution in [3.63, 3.8) is 0 Å². The van der Waals surface area contributed by atoms with E-state index >= 15 is 0 Å². The van der Waals surface area contributed by atoms with Crippen molar-refractivity contribution in [1.29, 1.82) is 0 Å². The van der Waals surface area contributed by atoms with Crippen LogP contribution in [0.15, 0.2) is 64.4 Å². The molecular formula is C31H35N3O4S. The van der Waals surface area contributed by atoms with Crippen LogP contribution in [0.2, 0.25) is 0 Å². The fraction of sp³-hybridized carbons (Fsp3) is 0.387. The van der Waals surface area contributed by atoms with E-state index in [9.17, 15) is 13.2 Å². The normalized spacial score (nSPS) is 22.3. The second-order valence-corrected chi connectivity index (χ2v) is 13.2. The molecule has 2 saturated heterocycles. The van der Waals surface area contributed by atoms with Crippen LogP contribution in [0.1, 0.15) is 41.0 Å². The highest BCUT2D eigenvalue weighted by atomic mass is 32.2. The van der Waals surface area contributed by atoms with Crippen LogP contribution in [0.25, 0.3) is 17.2 Å². The summed E-state index contributed by atoms with van der Waals surface area (Å²) >= 11 is 0. The first-order valence-electron chi connectivity index (χ1n) is 13.6. The van der Waals surface area contributed by atoms with Gasteiger partial charge in [0, 0.05) is 67.6 Å². The number of fused-ring (bicyclic) bond motifs is 3. The molecule has 0 saturated carbocycles. The number of sulfone groups is 1. The van der Waals surface area contributed by atoms with Gasteiger partial charge in [0.25, 0.3) is 5.56 Å². The Morgan fingerprint density at radius 1 is 1.13 bits per heavy atom. The lowest BCUT2D eigenvalue weighted by molar-refractivity contribution is 0.215. The molecule has 39 heavy (non-hydrogen) atoms. The topological polar surface area (TPSA) is 80.6 Å². The lowest BCUT2D eigenvalue weighted by Crippen LogP contribution is -2.43.